The molecular weight excluding hydrogens is 324 g/mol. The van der Waals surface area contributed by atoms with Crippen molar-refractivity contribution in [2.75, 3.05) is 6.79 Å². The van der Waals surface area contributed by atoms with E-state index >= 15 is 0 Å². The summed E-state index contributed by atoms with van der Waals surface area (Å²) in [4.78, 5) is 27.6. The maximum Gasteiger partial charge on any atom is 0.511 e. The molecule has 0 N–H and O–H groups in total. The number of nitrogens with zero attached hydrogens (tertiary/aromatic N) is 2. The summed E-state index contributed by atoms with van der Waals surface area (Å²) >= 11 is 0. The highest BCUT2D eigenvalue weighted by Crippen LogP contribution is 2.19. The zero-order chi connectivity index (χ0) is 18.2. The molecule has 2 rings (SSSR count). The maximum atomic E-state index is 12.2. The van der Waals surface area contributed by atoms with Gasteiger partial charge in [0.05, 0.1) is 18.6 Å². The average molecular weight is 346 g/mol. The molecule has 25 heavy (non-hydrogen) atoms. The molecule has 0 aliphatic heterocycles. The predicted molar refractivity (Wildman–Crippen MR) is 90.1 cm³/mol. The molecule has 2 aromatic rings. The van der Waals surface area contributed by atoms with E-state index in [0.29, 0.717) is 6.42 Å². The lowest BCUT2D eigenvalue weighted by atomic mass is 10.1. The van der Waals surface area contributed by atoms with Crippen LogP contribution in [-0.2, 0) is 14.2 Å². The average Bonchev–Trinajstić information content (AvgIpc) is 3.11. The molecule has 7 nitrogen and oxygen atoms in total. The highest BCUT2D eigenvalue weighted by Gasteiger charge is 2.19. The van der Waals surface area contributed by atoms with Gasteiger partial charge in [0.15, 0.2) is 0 Å². The van der Waals surface area contributed by atoms with Crippen LogP contribution in [-0.4, -0.2) is 34.6 Å². The summed E-state index contributed by atoms with van der Waals surface area (Å²) in [6, 6.07) is 9.62. The second kappa shape index (κ2) is 8.86. The fourth-order valence-electron chi connectivity index (χ4n) is 2.15. The topological polar surface area (TPSA) is 79.7 Å². The first kappa shape index (κ1) is 18.5. The van der Waals surface area contributed by atoms with Crippen LogP contribution in [0.15, 0.2) is 42.9 Å². The number of rotatable bonds is 7. The Hall–Kier alpha value is -2.83. The number of hydrogen-bond acceptors (Lipinski definition) is 6. The minimum absolute atomic E-state index is 0.0949. The SMILES string of the molecule is CC[C@@H](C)OC(=O)OCOC(=O)c1cncn1[C@H](C)c1ccccc1. The Morgan fingerprint density at radius 2 is 1.88 bits per heavy atom. The highest BCUT2D eigenvalue weighted by molar-refractivity contribution is 5.87. The van der Waals surface area contributed by atoms with E-state index in [-0.39, 0.29) is 17.8 Å². The number of imidazole rings is 1. The summed E-state index contributed by atoms with van der Waals surface area (Å²) in [5.41, 5.74) is 1.30. The van der Waals surface area contributed by atoms with Crippen molar-refractivity contribution in [3.05, 3.63) is 54.1 Å². The van der Waals surface area contributed by atoms with E-state index in [0.717, 1.165) is 5.56 Å². The second-order valence-corrected chi connectivity index (χ2v) is 5.55. The minimum Gasteiger partial charge on any atom is -0.431 e. The summed E-state index contributed by atoms with van der Waals surface area (Å²) in [6.07, 6.45) is 2.53. The van der Waals surface area contributed by atoms with Crippen molar-refractivity contribution in [1.82, 2.24) is 9.55 Å². The third kappa shape index (κ3) is 5.07. The largest absolute Gasteiger partial charge is 0.511 e. The van der Waals surface area contributed by atoms with Crippen LogP contribution in [0.5, 0.6) is 0 Å². The van der Waals surface area contributed by atoms with Crippen LogP contribution in [0.1, 0.15) is 49.3 Å². The first-order valence-electron chi connectivity index (χ1n) is 8.10. The molecule has 1 heterocycles. The number of carbonyl (C=O) groups is 2. The molecule has 0 saturated heterocycles. The molecule has 0 fully saturated rings. The molecular formula is C18H22N2O5. The fraction of sp³-hybridized carbons (Fsp3) is 0.389. The molecule has 0 aliphatic rings. The van der Waals surface area contributed by atoms with E-state index in [4.69, 9.17) is 14.2 Å². The smallest absolute Gasteiger partial charge is 0.431 e. The van der Waals surface area contributed by atoms with Gasteiger partial charge in [0.25, 0.3) is 0 Å². The summed E-state index contributed by atoms with van der Waals surface area (Å²) in [5, 5.41) is 0. The second-order valence-electron chi connectivity index (χ2n) is 5.55. The molecule has 7 heteroatoms. The maximum absolute atomic E-state index is 12.2. The van der Waals surface area contributed by atoms with Gasteiger partial charge >= 0.3 is 12.1 Å². The molecule has 0 spiro atoms. The van der Waals surface area contributed by atoms with Crippen LogP contribution < -0.4 is 0 Å². The molecule has 134 valence electrons. The summed E-state index contributed by atoms with van der Waals surface area (Å²) in [7, 11) is 0. The molecule has 0 amide bonds. The molecule has 0 saturated carbocycles. The number of esters is 1. The molecule has 0 unspecified atom stereocenters. The lowest BCUT2D eigenvalue weighted by Gasteiger charge is -2.16. The quantitative estimate of drug-likeness (QED) is 0.563. The van der Waals surface area contributed by atoms with Crippen LogP contribution in [0, 0.1) is 0 Å². The number of carbonyl (C=O) groups excluding carboxylic acids is 2. The van der Waals surface area contributed by atoms with Crippen molar-refractivity contribution in [3.63, 3.8) is 0 Å². The number of aromatic nitrogens is 2. The standard InChI is InChI=1S/C18H22N2O5/c1-4-13(2)25-18(22)24-12-23-17(21)16-10-19-11-20(16)14(3)15-8-6-5-7-9-15/h5-11,13-14H,4,12H2,1-3H3/t13-,14-/m1/s1. The van der Waals surface area contributed by atoms with Gasteiger partial charge in [0.1, 0.15) is 11.8 Å². The van der Waals surface area contributed by atoms with Crippen molar-refractivity contribution in [2.24, 2.45) is 0 Å². The van der Waals surface area contributed by atoms with Crippen molar-refractivity contribution < 1.29 is 23.8 Å². The fourth-order valence-corrected chi connectivity index (χ4v) is 2.15. The van der Waals surface area contributed by atoms with Gasteiger partial charge in [0, 0.05) is 0 Å². The van der Waals surface area contributed by atoms with Crippen LogP contribution in [0.4, 0.5) is 4.79 Å². The Labute approximate surface area is 146 Å². The highest BCUT2D eigenvalue weighted by atomic mass is 16.8. The third-order valence-electron chi connectivity index (χ3n) is 3.81. The normalized spacial score (nSPS) is 12.9. The van der Waals surface area contributed by atoms with E-state index < -0.39 is 18.9 Å². The molecule has 1 aromatic heterocycles. The summed E-state index contributed by atoms with van der Waals surface area (Å²) in [6.45, 7) is 5.07. The van der Waals surface area contributed by atoms with Crippen molar-refractivity contribution in [3.8, 4) is 0 Å². The van der Waals surface area contributed by atoms with E-state index in [2.05, 4.69) is 4.98 Å². The zero-order valence-corrected chi connectivity index (χ0v) is 14.5. The number of ether oxygens (including phenoxy) is 3. The minimum atomic E-state index is -0.867. The number of benzene rings is 1. The van der Waals surface area contributed by atoms with Crippen LogP contribution >= 0.6 is 0 Å². The van der Waals surface area contributed by atoms with E-state index in [9.17, 15) is 9.59 Å². The van der Waals surface area contributed by atoms with Crippen LogP contribution in [0.2, 0.25) is 0 Å². The Morgan fingerprint density at radius 3 is 2.56 bits per heavy atom. The lowest BCUT2D eigenvalue weighted by Crippen LogP contribution is -2.20. The van der Waals surface area contributed by atoms with Gasteiger partial charge in [-0.3, -0.25) is 0 Å². The zero-order valence-electron chi connectivity index (χ0n) is 14.5. The van der Waals surface area contributed by atoms with Gasteiger partial charge in [-0.05, 0) is 25.8 Å². The van der Waals surface area contributed by atoms with Crippen LogP contribution in [0.3, 0.4) is 0 Å². The first-order chi connectivity index (χ1) is 12.0. The van der Waals surface area contributed by atoms with Gasteiger partial charge in [-0.2, -0.15) is 0 Å². The van der Waals surface area contributed by atoms with Crippen molar-refractivity contribution >= 4 is 12.1 Å². The van der Waals surface area contributed by atoms with Crippen molar-refractivity contribution in [2.45, 2.75) is 39.3 Å². The Morgan fingerprint density at radius 1 is 1.16 bits per heavy atom. The van der Waals surface area contributed by atoms with E-state index in [1.54, 1.807) is 17.8 Å². The van der Waals surface area contributed by atoms with Gasteiger partial charge in [-0.25, -0.2) is 14.6 Å². The molecule has 0 aliphatic carbocycles. The Kier molecular flexibility index (Phi) is 6.56. The monoisotopic (exact) mass is 346 g/mol. The van der Waals surface area contributed by atoms with Gasteiger partial charge in [0.2, 0.25) is 6.79 Å². The molecule has 0 bridgehead atoms. The van der Waals surface area contributed by atoms with Gasteiger partial charge in [-0.15, -0.1) is 0 Å². The molecule has 0 radical (unpaired) electrons. The third-order valence-corrected chi connectivity index (χ3v) is 3.81. The first-order valence-corrected chi connectivity index (χ1v) is 8.10. The number of hydrogen-bond donors (Lipinski definition) is 0. The van der Waals surface area contributed by atoms with Gasteiger partial charge in [-0.1, -0.05) is 37.3 Å². The Balaban J connectivity index is 1.93. The summed E-state index contributed by atoms with van der Waals surface area (Å²) in [5.74, 6) is -0.628. The van der Waals surface area contributed by atoms with E-state index in [1.165, 1.54) is 6.20 Å². The molecule has 1 aromatic carbocycles. The van der Waals surface area contributed by atoms with Gasteiger partial charge < -0.3 is 18.8 Å². The van der Waals surface area contributed by atoms with Crippen molar-refractivity contribution in [1.29, 1.82) is 0 Å². The summed E-state index contributed by atoms with van der Waals surface area (Å²) < 4.78 is 16.3. The Bertz CT molecular complexity index is 699. The lowest BCUT2D eigenvalue weighted by molar-refractivity contribution is -0.0373. The molecule has 2 atom stereocenters. The van der Waals surface area contributed by atoms with Crippen LogP contribution in [0.25, 0.3) is 0 Å². The van der Waals surface area contributed by atoms with E-state index in [1.807, 2.05) is 44.2 Å². The predicted octanol–water partition coefficient (Wildman–Crippen LogP) is 3.56.